The van der Waals surface area contributed by atoms with Crippen LogP contribution in [0.15, 0.2) is 67.1 Å². The van der Waals surface area contributed by atoms with E-state index in [-0.39, 0.29) is 6.10 Å². The summed E-state index contributed by atoms with van der Waals surface area (Å²) >= 11 is 0. The van der Waals surface area contributed by atoms with Crippen molar-refractivity contribution in [1.82, 2.24) is 19.9 Å². The van der Waals surface area contributed by atoms with Crippen LogP contribution in [0.25, 0.3) is 22.2 Å². The van der Waals surface area contributed by atoms with E-state index in [4.69, 9.17) is 9.47 Å². The van der Waals surface area contributed by atoms with Crippen LogP contribution in [0.5, 0.6) is 11.6 Å². The fraction of sp³-hybridized carbons (Fsp3) is 0.182. The summed E-state index contributed by atoms with van der Waals surface area (Å²) in [6.45, 7) is 1.40. The van der Waals surface area contributed by atoms with Gasteiger partial charge in [-0.2, -0.15) is 0 Å². The predicted molar refractivity (Wildman–Crippen MR) is 110 cm³/mol. The quantitative estimate of drug-likeness (QED) is 0.521. The maximum atomic E-state index is 6.14. The topological polar surface area (TPSA) is 73.3 Å². The maximum absolute atomic E-state index is 6.14. The molecule has 0 N–H and O–H groups in total. The minimum Gasteiger partial charge on any atom is -0.497 e. The Bertz CT molecular complexity index is 1160. The third-order valence-electron chi connectivity index (χ3n) is 4.89. The van der Waals surface area contributed by atoms with Gasteiger partial charge in [0.05, 0.1) is 25.7 Å². The van der Waals surface area contributed by atoms with Gasteiger partial charge in [-0.3, -0.25) is 0 Å². The molecule has 2 aromatic heterocycles. The molecule has 0 bridgehead atoms. The first-order valence-corrected chi connectivity index (χ1v) is 9.39. The lowest BCUT2D eigenvalue weighted by atomic mass is 10.1. The zero-order chi connectivity index (χ0) is 19.6. The lowest BCUT2D eigenvalue weighted by Gasteiger charge is -2.38. The van der Waals surface area contributed by atoms with Crippen LogP contribution in [0.2, 0.25) is 0 Å². The van der Waals surface area contributed by atoms with Crippen molar-refractivity contribution in [3.8, 4) is 22.9 Å². The van der Waals surface area contributed by atoms with Gasteiger partial charge in [0, 0.05) is 29.5 Å². The Morgan fingerprint density at radius 3 is 2.72 bits per heavy atom. The van der Waals surface area contributed by atoms with Crippen LogP contribution in [0.3, 0.4) is 0 Å². The van der Waals surface area contributed by atoms with Gasteiger partial charge in [0.2, 0.25) is 11.8 Å². The number of para-hydroxylation sites is 1. The van der Waals surface area contributed by atoms with E-state index in [1.54, 1.807) is 19.5 Å². The van der Waals surface area contributed by atoms with Gasteiger partial charge in [-0.1, -0.05) is 30.3 Å². The van der Waals surface area contributed by atoms with Gasteiger partial charge >= 0.3 is 0 Å². The zero-order valence-corrected chi connectivity index (χ0v) is 15.9. The third-order valence-corrected chi connectivity index (χ3v) is 4.89. The molecule has 0 atom stereocenters. The summed E-state index contributed by atoms with van der Waals surface area (Å²) in [6.07, 6.45) is 5.17. The normalized spacial score (nSPS) is 13.9. The molecule has 3 heterocycles. The fourth-order valence-electron chi connectivity index (χ4n) is 3.33. The Morgan fingerprint density at radius 2 is 1.83 bits per heavy atom. The summed E-state index contributed by atoms with van der Waals surface area (Å²) in [5.74, 6) is 2.00. The lowest BCUT2D eigenvalue weighted by molar-refractivity contribution is 0.159. The van der Waals surface area contributed by atoms with Crippen molar-refractivity contribution < 1.29 is 9.47 Å². The highest BCUT2D eigenvalue weighted by atomic mass is 16.5. The van der Waals surface area contributed by atoms with Gasteiger partial charge in [-0.15, -0.1) is 0 Å². The Balaban J connectivity index is 1.31. The molecule has 7 heteroatoms. The van der Waals surface area contributed by atoms with E-state index in [1.807, 2.05) is 54.7 Å². The molecule has 0 amide bonds. The second-order valence-electron chi connectivity index (χ2n) is 6.82. The Labute approximate surface area is 168 Å². The second-order valence-corrected chi connectivity index (χ2v) is 6.82. The Morgan fingerprint density at radius 1 is 0.966 bits per heavy atom. The van der Waals surface area contributed by atoms with Gasteiger partial charge < -0.3 is 14.4 Å². The molecule has 4 aromatic rings. The first kappa shape index (κ1) is 17.4. The monoisotopic (exact) mass is 385 g/mol. The van der Waals surface area contributed by atoms with Gasteiger partial charge in [0.15, 0.2) is 0 Å². The van der Waals surface area contributed by atoms with E-state index in [1.165, 1.54) is 0 Å². The average Bonchev–Trinajstić information content (AvgIpc) is 2.76. The maximum Gasteiger partial charge on any atom is 0.240 e. The molecule has 0 radical (unpaired) electrons. The van der Waals surface area contributed by atoms with Crippen molar-refractivity contribution in [3.05, 3.63) is 67.1 Å². The fourth-order valence-corrected chi connectivity index (χ4v) is 3.33. The van der Waals surface area contributed by atoms with Gasteiger partial charge in [-0.25, -0.2) is 19.9 Å². The van der Waals surface area contributed by atoms with Crippen LogP contribution < -0.4 is 14.4 Å². The molecule has 7 nitrogen and oxygen atoms in total. The SMILES string of the molecule is COc1cccc(-c2nccnc2OC2CN(c3ncc4ccccc4n3)C2)c1. The summed E-state index contributed by atoms with van der Waals surface area (Å²) in [5, 5.41) is 1.03. The molecule has 29 heavy (non-hydrogen) atoms. The molecule has 0 unspecified atom stereocenters. The van der Waals surface area contributed by atoms with Crippen molar-refractivity contribution in [2.75, 3.05) is 25.1 Å². The second kappa shape index (κ2) is 7.35. The minimum atomic E-state index is 0.00567. The number of rotatable bonds is 5. The van der Waals surface area contributed by atoms with Crippen molar-refractivity contribution in [3.63, 3.8) is 0 Å². The molecule has 1 aliphatic rings. The van der Waals surface area contributed by atoms with Crippen LogP contribution >= 0.6 is 0 Å². The van der Waals surface area contributed by atoms with Crippen molar-refractivity contribution in [1.29, 1.82) is 0 Å². The molecule has 1 aliphatic heterocycles. The Kier molecular flexibility index (Phi) is 4.40. The molecule has 0 aliphatic carbocycles. The smallest absolute Gasteiger partial charge is 0.240 e. The minimum absolute atomic E-state index is 0.00567. The number of benzene rings is 2. The molecule has 5 rings (SSSR count). The van der Waals surface area contributed by atoms with Crippen LogP contribution in [0.1, 0.15) is 0 Å². The number of hydrogen-bond donors (Lipinski definition) is 0. The molecule has 0 spiro atoms. The molecular weight excluding hydrogens is 366 g/mol. The number of anilines is 1. The summed E-state index contributed by atoms with van der Waals surface area (Å²) in [5.41, 5.74) is 2.55. The molecule has 2 aromatic carbocycles. The molecule has 1 fully saturated rings. The highest BCUT2D eigenvalue weighted by molar-refractivity contribution is 5.78. The Hall–Kier alpha value is -3.74. The number of ether oxygens (including phenoxy) is 2. The zero-order valence-electron chi connectivity index (χ0n) is 15.9. The third kappa shape index (κ3) is 3.42. The lowest BCUT2D eigenvalue weighted by Crippen LogP contribution is -2.54. The van der Waals surface area contributed by atoms with E-state index in [9.17, 15) is 0 Å². The van der Waals surface area contributed by atoms with Gasteiger partial charge in [0.25, 0.3) is 0 Å². The predicted octanol–water partition coefficient (Wildman–Crippen LogP) is 3.36. The number of methoxy groups -OCH3 is 1. The molecule has 0 saturated carbocycles. The molecule has 144 valence electrons. The number of hydrogen-bond acceptors (Lipinski definition) is 7. The number of aromatic nitrogens is 4. The largest absolute Gasteiger partial charge is 0.497 e. The van der Waals surface area contributed by atoms with Crippen molar-refractivity contribution >= 4 is 16.9 Å². The highest BCUT2D eigenvalue weighted by Crippen LogP contribution is 2.30. The van der Waals surface area contributed by atoms with E-state index < -0.39 is 0 Å². The van der Waals surface area contributed by atoms with E-state index in [0.717, 1.165) is 28.2 Å². The molecular formula is C22H19N5O2. The first-order valence-electron chi connectivity index (χ1n) is 9.39. The summed E-state index contributed by atoms with van der Waals surface area (Å²) in [7, 11) is 1.64. The van der Waals surface area contributed by atoms with Crippen molar-refractivity contribution in [2.45, 2.75) is 6.10 Å². The van der Waals surface area contributed by atoms with E-state index in [2.05, 4.69) is 24.8 Å². The summed E-state index contributed by atoms with van der Waals surface area (Å²) in [4.78, 5) is 20.1. The van der Waals surface area contributed by atoms with Crippen molar-refractivity contribution in [2.24, 2.45) is 0 Å². The van der Waals surface area contributed by atoms with Crippen LogP contribution in [-0.4, -0.2) is 46.2 Å². The highest BCUT2D eigenvalue weighted by Gasteiger charge is 2.31. The average molecular weight is 385 g/mol. The number of fused-ring (bicyclic) bond motifs is 1. The van der Waals surface area contributed by atoms with E-state index in [0.29, 0.717) is 24.7 Å². The van der Waals surface area contributed by atoms with Crippen LogP contribution in [0, 0.1) is 0 Å². The summed E-state index contributed by atoms with van der Waals surface area (Å²) < 4.78 is 11.5. The first-order chi connectivity index (χ1) is 14.3. The molecule has 1 saturated heterocycles. The van der Waals surface area contributed by atoms with Gasteiger partial charge in [0.1, 0.15) is 17.5 Å². The van der Waals surface area contributed by atoms with E-state index >= 15 is 0 Å². The standard InChI is InChI=1S/C22H19N5O2/c1-28-17-7-4-6-15(11-17)20-21(24-10-9-23-20)29-18-13-27(14-18)22-25-12-16-5-2-3-8-19(16)26-22/h2-12,18H,13-14H2,1H3. The summed E-state index contributed by atoms with van der Waals surface area (Å²) in [6, 6.07) is 15.7. The van der Waals surface area contributed by atoms with Crippen LogP contribution in [0.4, 0.5) is 5.95 Å². The number of nitrogens with zero attached hydrogens (tertiary/aromatic N) is 5. The van der Waals surface area contributed by atoms with Crippen LogP contribution in [-0.2, 0) is 0 Å². The van der Waals surface area contributed by atoms with Gasteiger partial charge in [-0.05, 0) is 18.2 Å².